The highest BCUT2D eigenvalue weighted by molar-refractivity contribution is 9.11. The fourth-order valence-electron chi connectivity index (χ4n) is 1.83. The number of halogens is 2. The monoisotopic (exact) mass is 393 g/mol. The summed E-state index contributed by atoms with van der Waals surface area (Å²) >= 11 is 9.03. The van der Waals surface area contributed by atoms with E-state index in [0.717, 1.165) is 11.0 Å². The maximum Gasteiger partial charge on any atom is 0.0302 e. The number of hydrogen-bond acceptors (Lipinski definition) is 2. The van der Waals surface area contributed by atoms with Gasteiger partial charge < -0.3 is 5.32 Å². The molecule has 1 aromatic carbocycles. The minimum absolute atomic E-state index is 0.396. The molecule has 0 saturated heterocycles. The molecule has 1 rings (SSSR count). The van der Waals surface area contributed by atoms with E-state index in [1.165, 1.54) is 35.1 Å². The standard InChI is InChI=1S/C14H21Br2NS/c1-11(17-8-4-3-5-9-18-2)13-7-6-12(15)10-14(13)16/h6-7,10-11,17H,3-5,8-9H2,1-2H3. The second kappa shape index (κ2) is 9.40. The Labute approximate surface area is 132 Å². The quantitative estimate of drug-likeness (QED) is 0.592. The molecule has 102 valence electrons. The molecule has 18 heavy (non-hydrogen) atoms. The highest BCUT2D eigenvalue weighted by Gasteiger charge is 2.08. The van der Waals surface area contributed by atoms with Gasteiger partial charge >= 0.3 is 0 Å². The van der Waals surface area contributed by atoms with Crippen LogP contribution in [0.5, 0.6) is 0 Å². The van der Waals surface area contributed by atoms with E-state index >= 15 is 0 Å². The summed E-state index contributed by atoms with van der Waals surface area (Å²) in [6, 6.07) is 6.76. The molecule has 1 N–H and O–H groups in total. The molecule has 0 heterocycles. The predicted molar refractivity (Wildman–Crippen MR) is 90.5 cm³/mol. The molecule has 0 aliphatic carbocycles. The first kappa shape index (κ1) is 16.5. The van der Waals surface area contributed by atoms with Gasteiger partial charge in [0.25, 0.3) is 0 Å². The van der Waals surface area contributed by atoms with Crippen molar-refractivity contribution in [3.8, 4) is 0 Å². The van der Waals surface area contributed by atoms with Crippen molar-refractivity contribution in [2.24, 2.45) is 0 Å². The molecule has 0 saturated carbocycles. The average molecular weight is 395 g/mol. The summed E-state index contributed by atoms with van der Waals surface area (Å²) in [5, 5.41) is 3.58. The van der Waals surface area contributed by atoms with Gasteiger partial charge in [0.1, 0.15) is 0 Å². The van der Waals surface area contributed by atoms with Crippen LogP contribution in [0.1, 0.15) is 37.8 Å². The summed E-state index contributed by atoms with van der Waals surface area (Å²) in [6.45, 7) is 3.31. The first-order valence-electron chi connectivity index (χ1n) is 6.32. The van der Waals surface area contributed by atoms with Gasteiger partial charge in [-0.05, 0) is 56.0 Å². The largest absolute Gasteiger partial charge is 0.310 e. The first-order valence-corrected chi connectivity index (χ1v) is 9.30. The minimum Gasteiger partial charge on any atom is -0.310 e. The summed E-state index contributed by atoms with van der Waals surface area (Å²) in [5.74, 6) is 1.29. The van der Waals surface area contributed by atoms with Gasteiger partial charge in [0.15, 0.2) is 0 Å². The third-order valence-electron chi connectivity index (χ3n) is 2.90. The number of nitrogens with one attached hydrogen (secondary N) is 1. The third-order valence-corrected chi connectivity index (χ3v) is 4.78. The Bertz CT molecular complexity index is 358. The van der Waals surface area contributed by atoms with Crippen molar-refractivity contribution in [3.05, 3.63) is 32.7 Å². The van der Waals surface area contributed by atoms with Gasteiger partial charge in [-0.3, -0.25) is 0 Å². The summed E-state index contributed by atoms with van der Waals surface area (Å²) in [4.78, 5) is 0. The van der Waals surface area contributed by atoms with Crippen molar-refractivity contribution in [1.29, 1.82) is 0 Å². The molecule has 4 heteroatoms. The summed E-state index contributed by atoms with van der Waals surface area (Å²) in [7, 11) is 0. The zero-order valence-electron chi connectivity index (χ0n) is 11.0. The van der Waals surface area contributed by atoms with Crippen LogP contribution in [0.3, 0.4) is 0 Å². The highest BCUT2D eigenvalue weighted by atomic mass is 79.9. The summed E-state index contributed by atoms with van der Waals surface area (Å²) in [6.07, 6.45) is 6.09. The predicted octanol–water partition coefficient (Wildman–Crippen LogP) is 5.40. The van der Waals surface area contributed by atoms with Crippen molar-refractivity contribution < 1.29 is 0 Å². The normalized spacial score (nSPS) is 12.7. The van der Waals surface area contributed by atoms with E-state index in [0.29, 0.717) is 6.04 Å². The molecule has 0 bridgehead atoms. The number of unbranched alkanes of at least 4 members (excludes halogenated alkanes) is 2. The second-order valence-corrected chi connectivity index (χ2v) is 7.15. The van der Waals surface area contributed by atoms with Crippen LogP contribution in [0.4, 0.5) is 0 Å². The van der Waals surface area contributed by atoms with E-state index < -0.39 is 0 Å². The van der Waals surface area contributed by atoms with Gasteiger partial charge in [-0.2, -0.15) is 11.8 Å². The Hall–Kier alpha value is 0.490. The van der Waals surface area contributed by atoms with Crippen LogP contribution in [0.25, 0.3) is 0 Å². The van der Waals surface area contributed by atoms with Crippen molar-refractivity contribution in [2.45, 2.75) is 32.2 Å². The van der Waals surface area contributed by atoms with E-state index in [4.69, 9.17) is 0 Å². The first-order chi connectivity index (χ1) is 8.65. The molecule has 1 nitrogen and oxygen atoms in total. The number of benzene rings is 1. The fraction of sp³-hybridized carbons (Fsp3) is 0.571. The molecule has 0 fully saturated rings. The van der Waals surface area contributed by atoms with E-state index in [1.807, 2.05) is 11.8 Å². The zero-order chi connectivity index (χ0) is 13.4. The topological polar surface area (TPSA) is 12.0 Å². The van der Waals surface area contributed by atoms with Gasteiger partial charge in [-0.1, -0.05) is 44.3 Å². The lowest BCUT2D eigenvalue weighted by molar-refractivity contribution is 0.543. The van der Waals surface area contributed by atoms with E-state index in [2.05, 4.69) is 68.6 Å². The molecule has 0 radical (unpaired) electrons. The Kier molecular flexibility index (Phi) is 8.64. The van der Waals surface area contributed by atoms with Gasteiger partial charge in [0, 0.05) is 15.0 Å². The van der Waals surface area contributed by atoms with Gasteiger partial charge in [0.2, 0.25) is 0 Å². The number of rotatable bonds is 8. The molecule has 1 unspecified atom stereocenters. The molecule has 0 aliphatic rings. The Morgan fingerprint density at radius 2 is 2.00 bits per heavy atom. The fourth-order valence-corrected chi connectivity index (χ4v) is 3.71. The Morgan fingerprint density at radius 3 is 2.67 bits per heavy atom. The van der Waals surface area contributed by atoms with Crippen LogP contribution >= 0.6 is 43.6 Å². The van der Waals surface area contributed by atoms with E-state index in [-0.39, 0.29) is 0 Å². The van der Waals surface area contributed by atoms with Crippen LogP contribution in [-0.2, 0) is 0 Å². The minimum atomic E-state index is 0.396. The molecule has 0 aliphatic heterocycles. The van der Waals surface area contributed by atoms with Crippen molar-refractivity contribution >= 4 is 43.6 Å². The molecule has 0 spiro atoms. The number of thioether (sulfide) groups is 1. The van der Waals surface area contributed by atoms with E-state index in [9.17, 15) is 0 Å². The van der Waals surface area contributed by atoms with Gasteiger partial charge in [-0.15, -0.1) is 0 Å². The smallest absolute Gasteiger partial charge is 0.0302 e. The highest BCUT2D eigenvalue weighted by Crippen LogP contribution is 2.26. The van der Waals surface area contributed by atoms with Crippen LogP contribution in [0, 0.1) is 0 Å². The van der Waals surface area contributed by atoms with Gasteiger partial charge in [0.05, 0.1) is 0 Å². The third kappa shape index (κ3) is 6.09. The molecule has 1 aromatic rings. The zero-order valence-corrected chi connectivity index (χ0v) is 15.0. The molecule has 1 atom stereocenters. The molecular weight excluding hydrogens is 374 g/mol. The Balaban J connectivity index is 2.29. The summed E-state index contributed by atoms with van der Waals surface area (Å²) < 4.78 is 2.28. The lowest BCUT2D eigenvalue weighted by Crippen LogP contribution is -2.20. The molecule has 0 amide bonds. The van der Waals surface area contributed by atoms with Crippen LogP contribution in [-0.4, -0.2) is 18.6 Å². The van der Waals surface area contributed by atoms with Crippen molar-refractivity contribution in [1.82, 2.24) is 5.32 Å². The maximum absolute atomic E-state index is 3.62. The van der Waals surface area contributed by atoms with Crippen molar-refractivity contribution in [2.75, 3.05) is 18.6 Å². The van der Waals surface area contributed by atoms with Crippen LogP contribution in [0.2, 0.25) is 0 Å². The number of hydrogen-bond donors (Lipinski definition) is 1. The molecular formula is C14H21Br2NS. The van der Waals surface area contributed by atoms with Gasteiger partial charge in [-0.25, -0.2) is 0 Å². The molecule has 0 aromatic heterocycles. The SMILES string of the molecule is CSCCCCCNC(C)c1ccc(Br)cc1Br. The van der Waals surface area contributed by atoms with Crippen LogP contribution in [0.15, 0.2) is 27.1 Å². The lowest BCUT2D eigenvalue weighted by Gasteiger charge is -2.16. The van der Waals surface area contributed by atoms with E-state index in [1.54, 1.807) is 0 Å². The maximum atomic E-state index is 3.62. The summed E-state index contributed by atoms with van der Waals surface area (Å²) in [5.41, 5.74) is 1.32. The Morgan fingerprint density at radius 1 is 1.22 bits per heavy atom. The van der Waals surface area contributed by atoms with Crippen LogP contribution < -0.4 is 5.32 Å². The second-order valence-electron chi connectivity index (χ2n) is 4.40. The lowest BCUT2D eigenvalue weighted by atomic mass is 10.1. The van der Waals surface area contributed by atoms with Crippen molar-refractivity contribution in [3.63, 3.8) is 0 Å². The average Bonchev–Trinajstić information content (AvgIpc) is 2.33.